The number of carbonyl (C=O) groups is 3. The second-order valence-electron chi connectivity index (χ2n) is 15.4. The molecule has 15 nitrogen and oxygen atoms in total. The Hall–Kier alpha value is -4.29. The van der Waals surface area contributed by atoms with E-state index in [1.807, 2.05) is 0 Å². The number of sulfonamides is 2. The number of nitrogens with one attached hydrogen (secondary N) is 4. The van der Waals surface area contributed by atoms with Crippen LogP contribution in [0.3, 0.4) is 0 Å². The first-order valence-electron chi connectivity index (χ1n) is 18.3. The smallest absolute Gasteiger partial charge is 0.254 e. The Labute approximate surface area is 332 Å². The van der Waals surface area contributed by atoms with Gasteiger partial charge in [-0.15, -0.1) is 6.58 Å². The molecule has 3 aliphatic rings. The molecule has 0 unspecified atom stereocenters. The summed E-state index contributed by atoms with van der Waals surface area (Å²) in [6.45, 7) is 11.2. The first-order chi connectivity index (χ1) is 26.3. The van der Waals surface area contributed by atoms with E-state index in [0.717, 1.165) is 0 Å². The number of halogens is 1. The molecule has 18 heteroatoms. The van der Waals surface area contributed by atoms with Crippen molar-refractivity contribution in [3.63, 3.8) is 0 Å². The molecular formula is C38H47ClN6O9S2. The van der Waals surface area contributed by atoms with Crippen molar-refractivity contribution in [2.45, 2.75) is 87.3 Å². The van der Waals surface area contributed by atoms with Crippen LogP contribution in [0.15, 0.2) is 66.2 Å². The van der Waals surface area contributed by atoms with Gasteiger partial charge >= 0.3 is 0 Å². The van der Waals surface area contributed by atoms with Gasteiger partial charge in [0, 0.05) is 46.9 Å². The fraction of sp³-hybridized carbons (Fsp3) is 0.474. The van der Waals surface area contributed by atoms with Crippen LogP contribution in [-0.4, -0.2) is 93.6 Å². The van der Waals surface area contributed by atoms with E-state index in [0.29, 0.717) is 40.1 Å². The Morgan fingerprint density at radius 1 is 1.09 bits per heavy atom. The van der Waals surface area contributed by atoms with E-state index >= 15 is 0 Å². The summed E-state index contributed by atoms with van der Waals surface area (Å²) in [6.07, 6.45) is 3.42. The lowest BCUT2D eigenvalue weighted by molar-refractivity contribution is -0.136. The second-order valence-corrected chi connectivity index (χ2v) is 19.6. The lowest BCUT2D eigenvalue weighted by atomic mass is 9.85. The van der Waals surface area contributed by atoms with E-state index in [9.17, 15) is 31.2 Å². The van der Waals surface area contributed by atoms with Crippen LogP contribution in [0.2, 0.25) is 5.02 Å². The normalized spacial score (nSPS) is 23.2. The number of anilines is 1. The maximum absolute atomic E-state index is 14.3. The van der Waals surface area contributed by atoms with Crippen LogP contribution in [0.4, 0.5) is 5.69 Å². The fourth-order valence-corrected chi connectivity index (χ4v) is 9.80. The molecule has 1 aromatic heterocycles. The molecular weight excluding hydrogens is 784 g/mol. The zero-order valence-electron chi connectivity index (χ0n) is 31.8. The molecule has 5 atom stereocenters. The molecule has 2 heterocycles. The summed E-state index contributed by atoms with van der Waals surface area (Å²) in [4.78, 5) is 48.5. The summed E-state index contributed by atoms with van der Waals surface area (Å²) in [6, 6.07) is 8.94. The Bertz CT molecular complexity index is 2260. The topological polar surface area (TPSA) is 202 Å². The Morgan fingerprint density at radius 2 is 1.79 bits per heavy atom. The number of ether oxygens (including phenoxy) is 2. The number of hydrogen-bond donors (Lipinski definition) is 4. The highest BCUT2D eigenvalue weighted by Crippen LogP contribution is 2.53. The Morgan fingerprint density at radius 3 is 2.38 bits per heavy atom. The number of carbonyl (C=O) groups excluding carboxylic acids is 3. The third-order valence-electron chi connectivity index (χ3n) is 10.4. The quantitative estimate of drug-likeness (QED) is 0.162. The van der Waals surface area contributed by atoms with Crippen molar-refractivity contribution in [1.29, 1.82) is 0 Å². The van der Waals surface area contributed by atoms with Crippen molar-refractivity contribution in [2.24, 2.45) is 11.3 Å². The largest absolute Gasteiger partial charge is 0.494 e. The van der Waals surface area contributed by atoms with E-state index in [1.165, 1.54) is 37.6 Å². The molecule has 0 radical (unpaired) electrons. The first kappa shape index (κ1) is 41.3. The molecule has 1 aliphatic heterocycles. The average molecular weight is 831 g/mol. The number of nitrogens with zero attached hydrogens (tertiary/aromatic N) is 2. The molecule has 56 heavy (non-hydrogen) atoms. The molecule has 3 aromatic rings. The third kappa shape index (κ3) is 8.37. The second kappa shape index (κ2) is 15.6. The Balaban J connectivity index is 1.29. The van der Waals surface area contributed by atoms with Gasteiger partial charge in [-0.2, -0.15) is 0 Å². The van der Waals surface area contributed by atoms with Gasteiger partial charge in [0.1, 0.15) is 23.4 Å². The minimum Gasteiger partial charge on any atom is -0.494 e. The molecule has 2 aliphatic carbocycles. The predicted octanol–water partition coefficient (Wildman–Crippen LogP) is 3.74. The van der Waals surface area contributed by atoms with Crippen LogP contribution in [0.25, 0.3) is 10.8 Å². The van der Waals surface area contributed by atoms with Crippen molar-refractivity contribution in [3.8, 4) is 11.6 Å². The monoisotopic (exact) mass is 830 g/mol. The number of hydrogen-bond acceptors (Lipinski definition) is 12. The highest BCUT2D eigenvalue weighted by atomic mass is 35.5. The fourth-order valence-electron chi connectivity index (χ4n) is 7.23. The van der Waals surface area contributed by atoms with Gasteiger partial charge in [-0.1, -0.05) is 45.4 Å². The number of fused-ring (bicyclic) bond motifs is 1. The number of aromatic nitrogens is 1. The van der Waals surface area contributed by atoms with Crippen LogP contribution < -0.4 is 29.6 Å². The summed E-state index contributed by atoms with van der Waals surface area (Å²) < 4.78 is 67.5. The first-order valence-corrected chi connectivity index (χ1v) is 21.7. The van der Waals surface area contributed by atoms with Crippen molar-refractivity contribution < 1.29 is 40.7 Å². The van der Waals surface area contributed by atoms with Gasteiger partial charge in [0.25, 0.3) is 5.91 Å². The van der Waals surface area contributed by atoms with Gasteiger partial charge in [-0.05, 0) is 67.1 Å². The number of pyridine rings is 1. The van der Waals surface area contributed by atoms with Gasteiger partial charge in [-0.3, -0.25) is 29.3 Å². The molecule has 2 saturated carbocycles. The lowest BCUT2D eigenvalue weighted by Crippen LogP contribution is -2.59. The van der Waals surface area contributed by atoms with Crippen LogP contribution in [0.1, 0.15) is 53.4 Å². The number of benzene rings is 2. The van der Waals surface area contributed by atoms with Crippen molar-refractivity contribution in [1.82, 2.24) is 24.6 Å². The van der Waals surface area contributed by atoms with Gasteiger partial charge < -0.3 is 14.8 Å². The summed E-state index contributed by atoms with van der Waals surface area (Å²) in [5.74, 6) is -1.95. The van der Waals surface area contributed by atoms with Crippen LogP contribution in [0, 0.1) is 11.3 Å². The van der Waals surface area contributed by atoms with Crippen LogP contribution in [-0.2, 0) is 34.4 Å². The van der Waals surface area contributed by atoms with E-state index < -0.39 is 78.1 Å². The minimum atomic E-state index is -3.94. The minimum absolute atomic E-state index is 0.00633. The van der Waals surface area contributed by atoms with E-state index in [-0.39, 0.29) is 36.7 Å². The molecule has 0 spiro atoms. The summed E-state index contributed by atoms with van der Waals surface area (Å²) in [7, 11) is -6.13. The van der Waals surface area contributed by atoms with Crippen LogP contribution >= 0.6 is 11.6 Å². The number of methoxy groups -OCH3 is 1. The van der Waals surface area contributed by atoms with E-state index in [2.05, 4.69) is 31.6 Å². The third-order valence-corrected chi connectivity index (χ3v) is 14.0. The molecule has 0 bridgehead atoms. The van der Waals surface area contributed by atoms with Crippen molar-refractivity contribution in [3.05, 3.63) is 66.3 Å². The zero-order chi connectivity index (χ0) is 40.8. The lowest BCUT2D eigenvalue weighted by Gasteiger charge is -2.34. The van der Waals surface area contributed by atoms with E-state index in [4.69, 9.17) is 21.1 Å². The van der Waals surface area contributed by atoms with Gasteiger partial charge in [0.05, 0.1) is 29.5 Å². The SMILES string of the molecule is C=C[C@@H]1C[C@@]1(C(=O)NS(=O)(=O)C1CC1)N1C[C@H](Oc2ncc(OC)c3ccc(Cl)cc23)C[C@H]1C(=O)NC(=O)[C@H](Nc1ccc(S(=O)(=O)NCC)cc1)C(C)(C)C. The molecule has 3 fully saturated rings. The number of rotatable bonds is 15. The molecule has 2 aromatic carbocycles. The molecule has 3 amide bonds. The summed E-state index contributed by atoms with van der Waals surface area (Å²) in [5.41, 5.74) is -1.76. The zero-order valence-corrected chi connectivity index (χ0v) is 34.2. The summed E-state index contributed by atoms with van der Waals surface area (Å²) in [5, 5.41) is 6.69. The maximum atomic E-state index is 14.3. The number of imide groups is 1. The molecule has 302 valence electrons. The molecule has 4 N–H and O–H groups in total. The Kier molecular flexibility index (Phi) is 11.5. The average Bonchev–Trinajstić information content (AvgIpc) is 4.07. The van der Waals surface area contributed by atoms with Crippen molar-refractivity contribution in [2.75, 3.05) is 25.5 Å². The molecule has 6 rings (SSSR count). The maximum Gasteiger partial charge on any atom is 0.254 e. The highest BCUT2D eigenvalue weighted by Gasteiger charge is 2.67. The molecule has 1 saturated heterocycles. The van der Waals surface area contributed by atoms with Gasteiger partial charge in [0.2, 0.25) is 37.7 Å². The van der Waals surface area contributed by atoms with E-state index in [1.54, 1.807) is 56.9 Å². The number of likely N-dealkylation sites (tertiary alicyclic amines) is 1. The standard InChI is InChI=1S/C38H47ClN6O9S2/c1-7-22-19-38(22,36(48)44-56(51,52)27-14-15-27)45-21-25(54-35-29-17-23(39)9-16-28(29)31(53-6)20-40-35)18-30(45)33(46)43-34(47)32(37(3,4)5)42-24-10-12-26(13-11-24)55(49,50)41-8-2/h7,9-13,16-17,20,22,25,27,30,32,41-42H,1,8,14-15,18-19,21H2,2-6H3,(H,44,48)(H,43,46,47)/t22-,25-,30+,32+,38-/m1/s1. The predicted molar refractivity (Wildman–Crippen MR) is 211 cm³/mol. The van der Waals surface area contributed by atoms with Crippen molar-refractivity contribution >= 4 is 65.8 Å². The summed E-state index contributed by atoms with van der Waals surface area (Å²) >= 11 is 6.35. The van der Waals surface area contributed by atoms with Gasteiger partial charge in [-0.25, -0.2) is 26.5 Å². The highest BCUT2D eigenvalue weighted by molar-refractivity contribution is 7.91. The van der Waals surface area contributed by atoms with Gasteiger partial charge in [0.15, 0.2) is 0 Å². The number of amides is 3. The van der Waals surface area contributed by atoms with Crippen LogP contribution in [0.5, 0.6) is 11.6 Å².